The van der Waals surface area contributed by atoms with Crippen LogP contribution >= 0.6 is 12.2 Å². The Bertz CT molecular complexity index is 638. The lowest BCUT2D eigenvalue weighted by Crippen LogP contribution is -2.14. The first-order valence-electron chi connectivity index (χ1n) is 6.76. The van der Waals surface area contributed by atoms with E-state index in [2.05, 4.69) is 10.3 Å². The average molecular weight is 301 g/mol. The van der Waals surface area contributed by atoms with Gasteiger partial charge >= 0.3 is 0 Å². The Morgan fingerprint density at radius 1 is 1.24 bits per heavy atom. The van der Waals surface area contributed by atoms with E-state index in [1.54, 1.807) is 6.20 Å². The van der Waals surface area contributed by atoms with Crippen molar-refractivity contribution in [1.29, 1.82) is 0 Å². The van der Waals surface area contributed by atoms with Gasteiger partial charge in [-0.15, -0.1) is 0 Å². The first-order valence-corrected chi connectivity index (χ1v) is 7.17. The van der Waals surface area contributed by atoms with E-state index in [0.717, 1.165) is 22.6 Å². The molecule has 0 unspecified atom stereocenters. The van der Waals surface area contributed by atoms with E-state index in [1.807, 2.05) is 51.1 Å². The second kappa shape index (κ2) is 6.54. The number of aromatic nitrogens is 1. The van der Waals surface area contributed by atoms with Crippen molar-refractivity contribution in [2.24, 2.45) is 5.73 Å². The van der Waals surface area contributed by atoms with Crippen LogP contribution in [-0.2, 0) is 0 Å². The predicted molar refractivity (Wildman–Crippen MR) is 90.4 cm³/mol. The van der Waals surface area contributed by atoms with E-state index in [0.29, 0.717) is 10.8 Å². The van der Waals surface area contributed by atoms with E-state index < -0.39 is 0 Å². The molecule has 0 saturated heterocycles. The molecule has 4 nitrogen and oxygen atoms in total. The third kappa shape index (κ3) is 3.92. The van der Waals surface area contributed by atoms with Crippen molar-refractivity contribution < 1.29 is 4.74 Å². The van der Waals surface area contributed by atoms with Gasteiger partial charge in [0.25, 0.3) is 0 Å². The summed E-state index contributed by atoms with van der Waals surface area (Å²) >= 11 is 5.10. The van der Waals surface area contributed by atoms with Crippen LogP contribution in [0.3, 0.4) is 0 Å². The number of rotatable bonds is 5. The highest BCUT2D eigenvalue weighted by molar-refractivity contribution is 7.80. The van der Waals surface area contributed by atoms with Gasteiger partial charge < -0.3 is 15.8 Å². The topological polar surface area (TPSA) is 60.2 Å². The number of ether oxygens (including phenoxy) is 1. The molecule has 5 heteroatoms. The van der Waals surface area contributed by atoms with Gasteiger partial charge in [0.2, 0.25) is 0 Å². The maximum absolute atomic E-state index is 5.78. The summed E-state index contributed by atoms with van der Waals surface area (Å²) in [7, 11) is 0. The second-order valence-corrected chi connectivity index (χ2v) is 5.47. The highest BCUT2D eigenvalue weighted by Crippen LogP contribution is 2.23. The third-order valence-electron chi connectivity index (χ3n) is 2.89. The van der Waals surface area contributed by atoms with E-state index in [1.165, 1.54) is 0 Å². The number of hydrogen-bond acceptors (Lipinski definition) is 4. The quantitative estimate of drug-likeness (QED) is 0.827. The minimum atomic E-state index is 0.156. The monoisotopic (exact) mass is 301 g/mol. The fraction of sp³-hybridized carbons (Fsp3) is 0.250. The first-order chi connectivity index (χ1) is 9.97. The molecule has 3 N–H and O–H groups in total. The molecule has 1 aromatic heterocycles. The van der Waals surface area contributed by atoms with Gasteiger partial charge in [-0.05, 0) is 56.7 Å². The zero-order valence-corrected chi connectivity index (χ0v) is 13.2. The van der Waals surface area contributed by atoms with Crippen LogP contribution in [0.25, 0.3) is 0 Å². The summed E-state index contributed by atoms with van der Waals surface area (Å²) in [6.45, 7) is 5.95. The molecule has 0 saturated carbocycles. The average Bonchev–Trinajstić information content (AvgIpc) is 2.40. The van der Waals surface area contributed by atoms with Gasteiger partial charge in [-0.2, -0.15) is 0 Å². The molecule has 0 aliphatic carbocycles. The van der Waals surface area contributed by atoms with Crippen molar-refractivity contribution in [2.75, 3.05) is 5.32 Å². The Morgan fingerprint density at radius 2 is 1.90 bits per heavy atom. The molecule has 21 heavy (non-hydrogen) atoms. The summed E-state index contributed by atoms with van der Waals surface area (Å²) in [5.74, 6) is 1.50. The molecule has 0 bridgehead atoms. The standard InChI is InChI=1S/C16H19N3OS/c1-10(2)20-13-6-4-12(5-7-13)19-16-14(15(17)21)11(3)8-9-18-16/h4-10H,1-3H3,(H2,17,21)(H,18,19). The molecule has 2 aromatic rings. The number of thiocarbonyl (C=S) groups is 1. The molecule has 0 amide bonds. The Hall–Kier alpha value is -2.14. The van der Waals surface area contributed by atoms with Crippen LogP contribution in [0.2, 0.25) is 0 Å². The number of pyridine rings is 1. The molecule has 0 atom stereocenters. The fourth-order valence-corrected chi connectivity index (χ4v) is 2.25. The molecular formula is C16H19N3OS. The van der Waals surface area contributed by atoms with E-state index >= 15 is 0 Å². The number of nitrogens with two attached hydrogens (primary N) is 1. The molecule has 2 rings (SSSR count). The number of hydrogen-bond donors (Lipinski definition) is 2. The molecule has 110 valence electrons. The van der Waals surface area contributed by atoms with Crippen LogP contribution in [-0.4, -0.2) is 16.1 Å². The van der Waals surface area contributed by atoms with Crippen LogP contribution in [0.15, 0.2) is 36.5 Å². The van der Waals surface area contributed by atoms with Crippen molar-refractivity contribution in [2.45, 2.75) is 26.9 Å². The van der Waals surface area contributed by atoms with Crippen LogP contribution in [0.5, 0.6) is 5.75 Å². The van der Waals surface area contributed by atoms with Crippen molar-refractivity contribution >= 4 is 28.7 Å². The van der Waals surface area contributed by atoms with E-state index in [4.69, 9.17) is 22.7 Å². The zero-order chi connectivity index (χ0) is 15.4. The lowest BCUT2D eigenvalue weighted by molar-refractivity contribution is 0.242. The van der Waals surface area contributed by atoms with Crippen LogP contribution in [0.4, 0.5) is 11.5 Å². The molecule has 0 fully saturated rings. The molecule has 0 spiro atoms. The normalized spacial score (nSPS) is 10.5. The van der Waals surface area contributed by atoms with Crippen LogP contribution in [0.1, 0.15) is 25.0 Å². The van der Waals surface area contributed by atoms with Gasteiger partial charge in [-0.1, -0.05) is 12.2 Å². The first kappa shape index (κ1) is 15.3. The lowest BCUT2D eigenvalue weighted by atomic mass is 10.1. The van der Waals surface area contributed by atoms with Gasteiger partial charge in [-0.25, -0.2) is 4.98 Å². The summed E-state index contributed by atoms with van der Waals surface area (Å²) in [5, 5.41) is 3.24. The SMILES string of the molecule is Cc1ccnc(Nc2ccc(OC(C)C)cc2)c1C(N)=S. The third-order valence-corrected chi connectivity index (χ3v) is 3.10. The Labute approximate surface area is 130 Å². The number of anilines is 2. The van der Waals surface area contributed by atoms with Gasteiger partial charge in [-0.3, -0.25) is 0 Å². The minimum absolute atomic E-state index is 0.156. The summed E-state index contributed by atoms with van der Waals surface area (Å²) in [5.41, 5.74) is 8.46. The maximum Gasteiger partial charge on any atom is 0.140 e. The Balaban J connectivity index is 2.22. The summed E-state index contributed by atoms with van der Waals surface area (Å²) in [4.78, 5) is 4.65. The van der Waals surface area contributed by atoms with Gasteiger partial charge in [0, 0.05) is 11.9 Å². The van der Waals surface area contributed by atoms with E-state index in [9.17, 15) is 0 Å². The fourth-order valence-electron chi connectivity index (χ4n) is 1.99. The molecule has 0 aliphatic rings. The predicted octanol–water partition coefficient (Wildman–Crippen LogP) is 3.56. The second-order valence-electron chi connectivity index (χ2n) is 5.03. The molecule has 0 radical (unpaired) electrons. The highest BCUT2D eigenvalue weighted by atomic mass is 32.1. The molecule has 0 aliphatic heterocycles. The van der Waals surface area contributed by atoms with Crippen molar-refractivity contribution in [3.8, 4) is 5.75 Å². The van der Waals surface area contributed by atoms with Crippen molar-refractivity contribution in [1.82, 2.24) is 4.98 Å². The number of nitrogens with one attached hydrogen (secondary N) is 1. The smallest absolute Gasteiger partial charge is 0.140 e. The molecule has 1 aromatic carbocycles. The lowest BCUT2D eigenvalue weighted by Gasteiger charge is -2.13. The van der Waals surface area contributed by atoms with Crippen molar-refractivity contribution in [3.63, 3.8) is 0 Å². The van der Waals surface area contributed by atoms with Gasteiger partial charge in [0.15, 0.2) is 0 Å². The molecular weight excluding hydrogens is 282 g/mol. The summed E-state index contributed by atoms with van der Waals surface area (Å²) in [6.07, 6.45) is 1.89. The summed E-state index contributed by atoms with van der Waals surface area (Å²) < 4.78 is 5.62. The largest absolute Gasteiger partial charge is 0.491 e. The van der Waals surface area contributed by atoms with Gasteiger partial charge in [0.1, 0.15) is 16.6 Å². The molecule has 1 heterocycles. The van der Waals surface area contributed by atoms with E-state index in [-0.39, 0.29) is 6.10 Å². The minimum Gasteiger partial charge on any atom is -0.491 e. The number of nitrogens with zero attached hydrogens (tertiary/aromatic N) is 1. The van der Waals surface area contributed by atoms with Gasteiger partial charge in [0.05, 0.1) is 11.7 Å². The highest BCUT2D eigenvalue weighted by Gasteiger charge is 2.10. The number of benzene rings is 1. The zero-order valence-electron chi connectivity index (χ0n) is 12.4. The maximum atomic E-state index is 5.78. The Morgan fingerprint density at radius 3 is 2.48 bits per heavy atom. The summed E-state index contributed by atoms with van der Waals surface area (Å²) in [6, 6.07) is 9.59. The van der Waals surface area contributed by atoms with Crippen molar-refractivity contribution in [3.05, 3.63) is 47.7 Å². The van der Waals surface area contributed by atoms with Crippen LogP contribution < -0.4 is 15.8 Å². The van der Waals surface area contributed by atoms with Crippen LogP contribution in [0, 0.1) is 6.92 Å². The number of aryl methyl sites for hydroxylation is 1. The Kier molecular flexibility index (Phi) is 4.75.